The van der Waals surface area contributed by atoms with Gasteiger partial charge < -0.3 is 5.73 Å². The molecule has 1 aromatic heterocycles. The number of aromatic nitrogens is 1. The molecule has 0 aliphatic carbocycles. The lowest BCUT2D eigenvalue weighted by atomic mass is 10.0. The van der Waals surface area contributed by atoms with Crippen LogP contribution in [0.4, 0.5) is 5.69 Å². The topological polar surface area (TPSA) is 71.2 Å². The molecular weight excluding hydrogens is 264 g/mol. The Morgan fingerprint density at radius 1 is 1.29 bits per heavy atom. The van der Waals surface area contributed by atoms with E-state index in [-0.39, 0.29) is 0 Å². The lowest BCUT2D eigenvalue weighted by molar-refractivity contribution is -0.114. The average molecular weight is 280 g/mol. The van der Waals surface area contributed by atoms with Gasteiger partial charge >= 0.3 is 0 Å². The summed E-state index contributed by atoms with van der Waals surface area (Å²) in [6.45, 7) is 0.616. The van der Waals surface area contributed by atoms with E-state index in [4.69, 9.17) is 5.73 Å². The second kappa shape index (κ2) is 5.76. The number of para-hydroxylation sites is 1. The summed E-state index contributed by atoms with van der Waals surface area (Å²) in [6, 6.07) is 11.8. The molecular formula is C16H16N4O. The Hall–Kier alpha value is -2.66. The summed E-state index contributed by atoms with van der Waals surface area (Å²) in [5.74, 6) is -0.391. The number of nitrogens with two attached hydrogens (primary N) is 1. The van der Waals surface area contributed by atoms with Crippen molar-refractivity contribution in [2.45, 2.75) is 13.0 Å². The molecule has 0 radical (unpaired) electrons. The zero-order valence-electron chi connectivity index (χ0n) is 11.5. The van der Waals surface area contributed by atoms with E-state index in [1.165, 1.54) is 0 Å². The van der Waals surface area contributed by atoms with Crippen LogP contribution in [0.25, 0.3) is 0 Å². The van der Waals surface area contributed by atoms with Gasteiger partial charge in [-0.1, -0.05) is 24.3 Å². The minimum atomic E-state index is -0.391. The number of rotatable bonds is 4. The molecule has 5 nitrogen and oxygen atoms in total. The smallest absolute Gasteiger partial charge is 0.246 e. The van der Waals surface area contributed by atoms with Gasteiger partial charge in [0.15, 0.2) is 0 Å². The Morgan fingerprint density at radius 2 is 2.14 bits per heavy atom. The first-order valence-electron chi connectivity index (χ1n) is 6.74. The van der Waals surface area contributed by atoms with Gasteiger partial charge in [-0.15, -0.1) is 0 Å². The van der Waals surface area contributed by atoms with E-state index < -0.39 is 5.91 Å². The number of hydrazine groups is 1. The van der Waals surface area contributed by atoms with Crippen LogP contribution in [0, 0.1) is 0 Å². The highest BCUT2D eigenvalue weighted by Gasteiger charge is 2.19. The van der Waals surface area contributed by atoms with E-state index in [9.17, 15) is 4.79 Å². The number of carbonyl (C=O) groups excluding carboxylic acids is 1. The standard InChI is InChI=1S/C16H16N4O/c17-16(21)14-8-13-5-1-2-6-15(13)20(11-14)19-10-12-4-3-7-18-9-12/h1-7,9,11,19H,8,10H2,(H2,17,21). The van der Waals surface area contributed by atoms with Crippen molar-refractivity contribution in [3.63, 3.8) is 0 Å². The number of amides is 1. The van der Waals surface area contributed by atoms with Gasteiger partial charge in [-0.3, -0.25) is 14.8 Å². The Labute approximate surface area is 123 Å². The maximum Gasteiger partial charge on any atom is 0.246 e. The van der Waals surface area contributed by atoms with Gasteiger partial charge in [0.05, 0.1) is 5.69 Å². The molecule has 0 bridgehead atoms. The molecule has 0 saturated heterocycles. The third-order valence-electron chi connectivity index (χ3n) is 3.41. The molecule has 1 amide bonds. The van der Waals surface area contributed by atoms with E-state index in [0.717, 1.165) is 16.8 Å². The van der Waals surface area contributed by atoms with E-state index in [0.29, 0.717) is 18.5 Å². The number of fused-ring (bicyclic) bond motifs is 1. The first-order chi connectivity index (χ1) is 10.2. The highest BCUT2D eigenvalue weighted by Crippen LogP contribution is 2.27. The van der Waals surface area contributed by atoms with E-state index >= 15 is 0 Å². The summed E-state index contributed by atoms with van der Waals surface area (Å²) in [7, 11) is 0. The molecule has 0 spiro atoms. The molecule has 1 aromatic carbocycles. The van der Waals surface area contributed by atoms with Gasteiger partial charge in [-0.2, -0.15) is 0 Å². The summed E-state index contributed by atoms with van der Waals surface area (Å²) in [4.78, 5) is 15.6. The van der Waals surface area contributed by atoms with Crippen LogP contribution in [0.3, 0.4) is 0 Å². The minimum Gasteiger partial charge on any atom is -0.366 e. The van der Waals surface area contributed by atoms with Gasteiger partial charge in [0.1, 0.15) is 0 Å². The van der Waals surface area contributed by atoms with Crippen LogP contribution in [0.2, 0.25) is 0 Å². The first-order valence-corrected chi connectivity index (χ1v) is 6.74. The maximum absolute atomic E-state index is 11.5. The van der Waals surface area contributed by atoms with Crippen molar-refractivity contribution in [3.8, 4) is 0 Å². The van der Waals surface area contributed by atoms with E-state index in [1.807, 2.05) is 47.6 Å². The second-order valence-corrected chi connectivity index (χ2v) is 4.89. The fourth-order valence-corrected chi connectivity index (χ4v) is 2.33. The van der Waals surface area contributed by atoms with Crippen molar-refractivity contribution >= 4 is 11.6 Å². The monoisotopic (exact) mass is 280 g/mol. The van der Waals surface area contributed by atoms with Gasteiger partial charge in [-0.25, -0.2) is 5.43 Å². The normalized spacial score (nSPS) is 13.5. The summed E-state index contributed by atoms with van der Waals surface area (Å²) in [5, 5.41) is 1.85. The summed E-state index contributed by atoms with van der Waals surface area (Å²) < 4.78 is 0. The lowest BCUT2D eigenvalue weighted by Gasteiger charge is -2.29. The number of anilines is 1. The van der Waals surface area contributed by atoms with E-state index in [2.05, 4.69) is 10.4 Å². The number of primary amides is 1. The molecule has 3 rings (SSSR count). The zero-order chi connectivity index (χ0) is 14.7. The lowest BCUT2D eigenvalue weighted by Crippen LogP contribution is -2.37. The highest BCUT2D eigenvalue weighted by atomic mass is 16.1. The molecule has 0 unspecified atom stereocenters. The van der Waals surface area contributed by atoms with Gasteiger partial charge in [-0.05, 0) is 23.3 Å². The molecule has 1 aliphatic heterocycles. The predicted octanol–water partition coefficient (Wildman–Crippen LogP) is 1.52. The molecule has 2 heterocycles. The Kier molecular flexibility index (Phi) is 3.66. The number of pyridine rings is 1. The fourth-order valence-electron chi connectivity index (χ4n) is 2.33. The number of nitrogens with one attached hydrogen (secondary N) is 1. The molecule has 21 heavy (non-hydrogen) atoms. The maximum atomic E-state index is 11.5. The second-order valence-electron chi connectivity index (χ2n) is 4.89. The molecule has 2 aromatic rings. The molecule has 0 saturated carbocycles. The summed E-state index contributed by atoms with van der Waals surface area (Å²) in [6.07, 6.45) is 5.88. The SMILES string of the molecule is NC(=O)C1=CN(NCc2cccnc2)c2ccccc2C1. The minimum absolute atomic E-state index is 0.391. The van der Waals surface area contributed by atoms with Crippen LogP contribution in [-0.4, -0.2) is 10.9 Å². The average Bonchev–Trinajstić information content (AvgIpc) is 2.53. The summed E-state index contributed by atoms with van der Waals surface area (Å²) >= 11 is 0. The fraction of sp³-hybridized carbons (Fsp3) is 0.125. The van der Waals surface area contributed by atoms with Gasteiger partial charge in [0.2, 0.25) is 5.91 Å². The molecule has 5 heteroatoms. The van der Waals surface area contributed by atoms with Crippen LogP contribution in [0.15, 0.2) is 60.6 Å². The third kappa shape index (κ3) is 2.93. The number of benzene rings is 1. The molecule has 0 fully saturated rings. The van der Waals surface area contributed by atoms with Gasteiger partial charge in [0, 0.05) is 37.1 Å². The van der Waals surface area contributed by atoms with Crippen LogP contribution < -0.4 is 16.2 Å². The van der Waals surface area contributed by atoms with Crippen LogP contribution >= 0.6 is 0 Å². The Balaban J connectivity index is 1.84. The van der Waals surface area contributed by atoms with Crippen molar-refractivity contribution in [2.24, 2.45) is 5.73 Å². The van der Waals surface area contributed by atoms with Crippen molar-refractivity contribution < 1.29 is 4.79 Å². The number of nitrogens with zero attached hydrogens (tertiary/aromatic N) is 2. The number of carbonyl (C=O) groups is 1. The zero-order valence-corrected chi connectivity index (χ0v) is 11.5. The first kappa shape index (κ1) is 13.3. The van der Waals surface area contributed by atoms with Gasteiger partial charge in [0.25, 0.3) is 0 Å². The highest BCUT2D eigenvalue weighted by molar-refractivity contribution is 5.94. The number of hydrogen-bond donors (Lipinski definition) is 2. The quantitative estimate of drug-likeness (QED) is 0.890. The van der Waals surface area contributed by atoms with Crippen molar-refractivity contribution in [2.75, 3.05) is 5.01 Å². The van der Waals surface area contributed by atoms with Crippen LogP contribution in [0.5, 0.6) is 0 Å². The third-order valence-corrected chi connectivity index (χ3v) is 3.41. The van der Waals surface area contributed by atoms with Crippen molar-refractivity contribution in [1.29, 1.82) is 0 Å². The molecule has 0 atom stereocenters. The number of hydrogen-bond acceptors (Lipinski definition) is 4. The van der Waals surface area contributed by atoms with Crippen LogP contribution in [-0.2, 0) is 17.8 Å². The van der Waals surface area contributed by atoms with E-state index in [1.54, 1.807) is 12.4 Å². The molecule has 1 aliphatic rings. The van der Waals surface area contributed by atoms with Crippen molar-refractivity contribution in [1.82, 2.24) is 10.4 Å². The van der Waals surface area contributed by atoms with Crippen molar-refractivity contribution in [3.05, 3.63) is 71.7 Å². The Morgan fingerprint density at radius 3 is 2.90 bits per heavy atom. The predicted molar refractivity (Wildman–Crippen MR) is 81.0 cm³/mol. The molecule has 3 N–H and O–H groups in total. The van der Waals surface area contributed by atoms with Crippen LogP contribution in [0.1, 0.15) is 11.1 Å². The largest absolute Gasteiger partial charge is 0.366 e. The molecule has 106 valence electrons. The Bertz CT molecular complexity index is 682. The summed E-state index contributed by atoms with van der Waals surface area (Å²) in [5.41, 5.74) is 12.5.